The Balaban J connectivity index is 3.10. The van der Waals surface area contributed by atoms with Gasteiger partial charge in [-0.1, -0.05) is 0 Å². The van der Waals surface area contributed by atoms with Crippen molar-refractivity contribution < 1.29 is 32.2 Å². The summed E-state index contributed by atoms with van der Waals surface area (Å²) in [5.74, 6) is -1.43. The van der Waals surface area contributed by atoms with Crippen molar-refractivity contribution in [3.63, 3.8) is 0 Å². The Bertz CT molecular complexity index is 474. The number of esters is 1. The number of hydrogen-bond acceptors (Lipinski definition) is 5. The van der Waals surface area contributed by atoms with E-state index in [2.05, 4.69) is 14.5 Å². The van der Waals surface area contributed by atoms with Gasteiger partial charge in [0, 0.05) is 5.69 Å². The first-order chi connectivity index (χ1) is 8.76. The first-order valence-electron chi connectivity index (χ1n) is 5.14. The molecule has 5 nitrogen and oxygen atoms in total. The number of carbonyl (C=O) groups is 1. The number of pyridine rings is 1. The van der Waals surface area contributed by atoms with E-state index < -0.39 is 18.2 Å². The van der Waals surface area contributed by atoms with Crippen molar-refractivity contribution in [3.8, 4) is 11.6 Å². The van der Waals surface area contributed by atoms with Gasteiger partial charge < -0.3 is 14.2 Å². The van der Waals surface area contributed by atoms with Gasteiger partial charge in [-0.3, -0.25) is 4.79 Å². The summed E-state index contributed by atoms with van der Waals surface area (Å²) in [6.45, 7) is 1.46. The van der Waals surface area contributed by atoms with Crippen LogP contribution in [-0.4, -0.2) is 31.5 Å². The summed E-state index contributed by atoms with van der Waals surface area (Å²) in [4.78, 5) is 14.8. The molecule has 0 saturated heterocycles. The zero-order chi connectivity index (χ0) is 14.6. The second kappa shape index (κ2) is 5.77. The molecule has 0 atom stereocenters. The van der Waals surface area contributed by atoms with Crippen LogP contribution in [-0.2, 0) is 16.0 Å². The van der Waals surface area contributed by atoms with E-state index in [4.69, 9.17) is 4.74 Å². The number of methoxy groups -OCH3 is 2. The summed E-state index contributed by atoms with van der Waals surface area (Å²) < 4.78 is 49.5. The third kappa shape index (κ3) is 4.31. The van der Waals surface area contributed by atoms with Gasteiger partial charge >= 0.3 is 12.3 Å². The van der Waals surface area contributed by atoms with Crippen LogP contribution in [0.1, 0.15) is 11.3 Å². The zero-order valence-corrected chi connectivity index (χ0v) is 10.5. The molecule has 1 aromatic heterocycles. The minimum atomic E-state index is -4.86. The van der Waals surface area contributed by atoms with E-state index in [0.29, 0.717) is 5.56 Å². The molecular formula is C11H12F3NO4. The zero-order valence-electron chi connectivity index (χ0n) is 10.5. The van der Waals surface area contributed by atoms with Crippen molar-refractivity contribution in [2.24, 2.45) is 0 Å². The molecule has 0 fully saturated rings. The highest BCUT2D eigenvalue weighted by atomic mass is 19.4. The summed E-state index contributed by atoms with van der Waals surface area (Å²) in [5, 5.41) is 0. The summed E-state index contributed by atoms with van der Waals surface area (Å²) in [6.07, 6.45) is -4.98. The number of nitrogens with zero attached hydrogens (tertiary/aromatic N) is 1. The SMILES string of the molecule is COC(=O)Cc1cc(OC)c(OC(F)(F)F)nc1C. The molecule has 8 heteroatoms. The van der Waals surface area contributed by atoms with E-state index in [9.17, 15) is 18.0 Å². The Morgan fingerprint density at radius 1 is 1.37 bits per heavy atom. The Kier molecular flexibility index (Phi) is 4.57. The lowest BCUT2D eigenvalue weighted by Gasteiger charge is -2.14. The minimum absolute atomic E-state index is 0.113. The molecule has 0 amide bonds. The van der Waals surface area contributed by atoms with Crippen LogP contribution in [0.2, 0.25) is 0 Å². The maximum Gasteiger partial charge on any atom is 0.574 e. The third-order valence-corrected chi connectivity index (χ3v) is 2.24. The maximum atomic E-state index is 12.2. The quantitative estimate of drug-likeness (QED) is 0.789. The van der Waals surface area contributed by atoms with Crippen LogP contribution in [0.4, 0.5) is 13.2 Å². The summed E-state index contributed by atoms with van der Waals surface area (Å²) >= 11 is 0. The Labute approximate surface area is 107 Å². The number of alkyl halides is 3. The molecule has 19 heavy (non-hydrogen) atoms. The highest BCUT2D eigenvalue weighted by Gasteiger charge is 2.33. The normalized spacial score (nSPS) is 11.1. The number of halogens is 3. The monoisotopic (exact) mass is 279 g/mol. The van der Waals surface area contributed by atoms with Gasteiger partial charge in [0.15, 0.2) is 5.75 Å². The van der Waals surface area contributed by atoms with Crippen LogP contribution < -0.4 is 9.47 Å². The minimum Gasteiger partial charge on any atom is -0.491 e. The van der Waals surface area contributed by atoms with Crippen LogP contribution in [0.3, 0.4) is 0 Å². The van der Waals surface area contributed by atoms with Crippen LogP contribution in [0.25, 0.3) is 0 Å². The smallest absolute Gasteiger partial charge is 0.491 e. The fraction of sp³-hybridized carbons (Fsp3) is 0.455. The first kappa shape index (κ1) is 15.1. The molecule has 0 radical (unpaired) electrons. The number of hydrogen-bond donors (Lipinski definition) is 0. The number of aryl methyl sites for hydroxylation is 1. The number of aromatic nitrogens is 1. The Morgan fingerprint density at radius 2 is 2.00 bits per heavy atom. The third-order valence-electron chi connectivity index (χ3n) is 2.24. The molecule has 106 valence electrons. The molecular weight excluding hydrogens is 267 g/mol. The van der Waals surface area contributed by atoms with Crippen molar-refractivity contribution in [1.29, 1.82) is 0 Å². The molecule has 0 aliphatic carbocycles. The Morgan fingerprint density at radius 3 is 2.47 bits per heavy atom. The molecule has 0 aromatic carbocycles. The van der Waals surface area contributed by atoms with E-state index in [1.165, 1.54) is 27.2 Å². The van der Waals surface area contributed by atoms with Gasteiger partial charge in [-0.25, -0.2) is 4.98 Å². The summed E-state index contributed by atoms with van der Waals surface area (Å²) in [5.41, 5.74) is 0.628. The number of rotatable bonds is 4. The molecule has 0 N–H and O–H groups in total. The molecule has 0 spiro atoms. The maximum absolute atomic E-state index is 12.2. The molecule has 1 aromatic rings. The predicted molar refractivity (Wildman–Crippen MR) is 57.9 cm³/mol. The molecule has 0 saturated carbocycles. The van der Waals surface area contributed by atoms with Gasteiger partial charge in [0.1, 0.15) is 0 Å². The van der Waals surface area contributed by atoms with Crippen molar-refractivity contribution in [1.82, 2.24) is 4.98 Å². The lowest BCUT2D eigenvalue weighted by Crippen LogP contribution is -2.19. The van der Waals surface area contributed by atoms with Crippen molar-refractivity contribution in [3.05, 3.63) is 17.3 Å². The van der Waals surface area contributed by atoms with Crippen LogP contribution in [0.5, 0.6) is 11.6 Å². The van der Waals surface area contributed by atoms with E-state index in [1.807, 2.05) is 0 Å². The van der Waals surface area contributed by atoms with Crippen LogP contribution in [0.15, 0.2) is 6.07 Å². The van der Waals surface area contributed by atoms with Gasteiger partial charge in [0.05, 0.1) is 20.6 Å². The van der Waals surface area contributed by atoms with E-state index in [0.717, 1.165) is 0 Å². The summed E-state index contributed by atoms with van der Waals surface area (Å²) in [6, 6.07) is 1.26. The number of carbonyl (C=O) groups excluding carboxylic acids is 1. The van der Waals surface area contributed by atoms with Gasteiger partial charge in [-0.05, 0) is 18.6 Å². The molecule has 0 aliphatic heterocycles. The van der Waals surface area contributed by atoms with Crippen molar-refractivity contribution in [2.75, 3.05) is 14.2 Å². The van der Waals surface area contributed by atoms with E-state index >= 15 is 0 Å². The van der Waals surface area contributed by atoms with E-state index in [-0.39, 0.29) is 17.9 Å². The standard InChI is InChI=1S/C11H12F3NO4/c1-6-7(5-9(16)18-3)4-8(17-2)10(15-6)19-11(12,13)14/h4H,5H2,1-3H3. The Hall–Kier alpha value is -1.99. The van der Waals surface area contributed by atoms with Gasteiger partial charge in [0.25, 0.3) is 5.88 Å². The average molecular weight is 279 g/mol. The lowest BCUT2D eigenvalue weighted by atomic mass is 10.1. The fourth-order valence-electron chi connectivity index (χ4n) is 1.34. The van der Waals surface area contributed by atoms with Crippen molar-refractivity contribution >= 4 is 5.97 Å². The summed E-state index contributed by atoms with van der Waals surface area (Å²) in [7, 11) is 2.39. The fourth-order valence-corrected chi connectivity index (χ4v) is 1.34. The lowest BCUT2D eigenvalue weighted by molar-refractivity contribution is -0.276. The second-order valence-electron chi connectivity index (χ2n) is 3.54. The predicted octanol–water partition coefficient (Wildman–Crippen LogP) is 2.01. The van der Waals surface area contributed by atoms with E-state index in [1.54, 1.807) is 0 Å². The highest BCUT2D eigenvalue weighted by Crippen LogP contribution is 2.31. The number of ether oxygens (including phenoxy) is 3. The molecule has 0 aliphatic rings. The molecule has 0 bridgehead atoms. The largest absolute Gasteiger partial charge is 0.574 e. The molecule has 0 unspecified atom stereocenters. The topological polar surface area (TPSA) is 57.7 Å². The van der Waals surface area contributed by atoms with Crippen molar-refractivity contribution in [2.45, 2.75) is 19.7 Å². The second-order valence-corrected chi connectivity index (χ2v) is 3.54. The van der Waals surface area contributed by atoms with Crippen LogP contribution >= 0.6 is 0 Å². The average Bonchev–Trinajstić information content (AvgIpc) is 2.30. The van der Waals surface area contributed by atoms with Crippen LogP contribution in [0, 0.1) is 6.92 Å². The van der Waals surface area contributed by atoms with Gasteiger partial charge in [-0.2, -0.15) is 0 Å². The van der Waals surface area contributed by atoms with Gasteiger partial charge in [-0.15, -0.1) is 13.2 Å². The van der Waals surface area contributed by atoms with Gasteiger partial charge in [0.2, 0.25) is 0 Å². The first-order valence-corrected chi connectivity index (χ1v) is 5.14. The highest BCUT2D eigenvalue weighted by molar-refractivity contribution is 5.73. The molecule has 1 rings (SSSR count). The molecule has 1 heterocycles.